The lowest BCUT2D eigenvalue weighted by Crippen LogP contribution is -2.28. The van der Waals surface area contributed by atoms with E-state index in [1.165, 1.54) is 12.3 Å². The van der Waals surface area contributed by atoms with Crippen LogP contribution in [0.2, 0.25) is 0 Å². The van der Waals surface area contributed by atoms with Crippen molar-refractivity contribution in [3.05, 3.63) is 23.7 Å². The molecule has 0 bridgehead atoms. The summed E-state index contributed by atoms with van der Waals surface area (Å²) in [6.45, 7) is 4.46. The van der Waals surface area contributed by atoms with Gasteiger partial charge < -0.3 is 11.1 Å². The number of nitrogens with two attached hydrogens (primary N) is 1. The van der Waals surface area contributed by atoms with E-state index in [-0.39, 0.29) is 18.1 Å². The second-order valence-electron chi connectivity index (χ2n) is 3.09. The second kappa shape index (κ2) is 8.64. The Morgan fingerprint density at radius 1 is 1.50 bits per heavy atom. The molecule has 1 amide bonds. The van der Waals surface area contributed by atoms with Crippen LogP contribution in [0.15, 0.2) is 28.7 Å². The normalized spacial score (nSPS) is 13.2. The Hall–Kier alpha value is -1.65. The number of likely N-dealkylation sites (N-methyl/N-ethyl adjacent to an activating group) is 1. The summed E-state index contributed by atoms with van der Waals surface area (Å²) in [4.78, 5) is 15.1. The first kappa shape index (κ1) is 14.3. The lowest BCUT2D eigenvalue weighted by atomic mass is 10.2. The molecule has 0 unspecified atom stereocenters. The minimum Gasteiger partial charge on any atom is -0.394 e. The Balaban J connectivity index is 4.16. The maximum Gasteiger partial charge on any atom is 0.267 e. The Labute approximate surface area is 95.1 Å². The van der Waals surface area contributed by atoms with Crippen molar-refractivity contribution in [2.24, 2.45) is 10.7 Å². The monoisotopic (exact) mass is 227 g/mol. The molecule has 0 spiro atoms. The number of hydrogen-bond acceptors (Lipinski definition) is 3. The number of amides is 1. The van der Waals surface area contributed by atoms with E-state index in [9.17, 15) is 9.18 Å². The number of carbonyl (C=O) groups excluding carboxylic acids is 1. The molecule has 0 aliphatic carbocycles. The minimum absolute atomic E-state index is 0.0906. The van der Waals surface area contributed by atoms with Crippen LogP contribution in [-0.2, 0) is 4.79 Å². The number of carbonyl (C=O) groups is 1. The lowest BCUT2D eigenvalue weighted by Gasteiger charge is -1.99. The quantitative estimate of drug-likeness (QED) is 0.530. The number of rotatable bonds is 6. The van der Waals surface area contributed by atoms with Gasteiger partial charge in [0, 0.05) is 12.8 Å². The van der Waals surface area contributed by atoms with Crippen LogP contribution >= 0.6 is 0 Å². The summed E-state index contributed by atoms with van der Waals surface area (Å²) < 4.78 is 12.1. The fourth-order valence-corrected chi connectivity index (χ4v) is 0.865. The molecule has 16 heavy (non-hydrogen) atoms. The van der Waals surface area contributed by atoms with E-state index < -0.39 is 0 Å². The van der Waals surface area contributed by atoms with Crippen molar-refractivity contribution in [2.45, 2.75) is 20.3 Å². The number of halogens is 1. The van der Waals surface area contributed by atoms with Gasteiger partial charge in [-0.15, -0.1) is 0 Å². The molecular weight excluding hydrogens is 209 g/mol. The van der Waals surface area contributed by atoms with Crippen molar-refractivity contribution in [3.63, 3.8) is 0 Å². The van der Waals surface area contributed by atoms with Gasteiger partial charge in [-0.1, -0.05) is 6.92 Å². The first-order valence-corrected chi connectivity index (χ1v) is 5.17. The summed E-state index contributed by atoms with van der Waals surface area (Å²) in [5.74, 6) is -0.328. The van der Waals surface area contributed by atoms with Crippen molar-refractivity contribution >= 4 is 12.1 Å². The van der Waals surface area contributed by atoms with Crippen molar-refractivity contribution in [3.8, 4) is 0 Å². The molecule has 0 fully saturated rings. The van der Waals surface area contributed by atoms with Crippen LogP contribution in [0.1, 0.15) is 20.3 Å². The molecule has 5 heteroatoms. The highest BCUT2D eigenvalue weighted by Crippen LogP contribution is 2.00. The lowest BCUT2D eigenvalue weighted by molar-refractivity contribution is -0.117. The highest BCUT2D eigenvalue weighted by atomic mass is 19.1. The number of nitrogens with zero attached hydrogens (tertiary/aromatic N) is 1. The van der Waals surface area contributed by atoms with Gasteiger partial charge in [-0.3, -0.25) is 9.79 Å². The van der Waals surface area contributed by atoms with E-state index >= 15 is 0 Å². The van der Waals surface area contributed by atoms with Crippen molar-refractivity contribution in [1.29, 1.82) is 0 Å². The highest BCUT2D eigenvalue weighted by Gasteiger charge is 2.00. The van der Waals surface area contributed by atoms with Gasteiger partial charge in [0.1, 0.15) is 0 Å². The van der Waals surface area contributed by atoms with E-state index in [1.54, 1.807) is 6.92 Å². The molecule has 0 atom stereocenters. The molecule has 0 aromatic heterocycles. The third-order valence-corrected chi connectivity index (χ3v) is 1.86. The zero-order chi connectivity index (χ0) is 12.4. The molecule has 0 radical (unpaired) electrons. The third kappa shape index (κ3) is 5.95. The van der Waals surface area contributed by atoms with Crippen LogP contribution < -0.4 is 11.1 Å². The molecule has 0 saturated heterocycles. The van der Waals surface area contributed by atoms with Gasteiger partial charge in [0.2, 0.25) is 0 Å². The van der Waals surface area contributed by atoms with Gasteiger partial charge in [-0.25, -0.2) is 4.39 Å². The first-order chi connectivity index (χ1) is 7.65. The molecule has 0 saturated carbocycles. The average Bonchev–Trinajstić information content (AvgIpc) is 2.29. The van der Waals surface area contributed by atoms with Gasteiger partial charge in [0.25, 0.3) is 5.91 Å². The highest BCUT2D eigenvalue weighted by molar-refractivity contribution is 5.96. The summed E-state index contributed by atoms with van der Waals surface area (Å²) in [5.41, 5.74) is 6.14. The molecule has 0 rings (SSSR count). The van der Waals surface area contributed by atoms with Gasteiger partial charge in [-0.2, -0.15) is 0 Å². The molecule has 0 aromatic rings. The smallest absolute Gasteiger partial charge is 0.267 e. The largest absolute Gasteiger partial charge is 0.394 e. The molecule has 4 nitrogen and oxygen atoms in total. The van der Waals surface area contributed by atoms with Gasteiger partial charge in [0.05, 0.1) is 18.6 Å². The van der Waals surface area contributed by atoms with Gasteiger partial charge >= 0.3 is 0 Å². The van der Waals surface area contributed by atoms with Gasteiger partial charge in [-0.05, 0) is 25.0 Å². The van der Waals surface area contributed by atoms with Crippen LogP contribution in [0, 0.1) is 0 Å². The molecule has 0 heterocycles. The molecule has 0 aromatic carbocycles. The van der Waals surface area contributed by atoms with E-state index in [2.05, 4.69) is 10.3 Å². The summed E-state index contributed by atoms with van der Waals surface area (Å²) in [7, 11) is 0. The van der Waals surface area contributed by atoms with E-state index in [4.69, 9.17) is 5.73 Å². The maximum atomic E-state index is 12.1. The Morgan fingerprint density at radius 2 is 2.19 bits per heavy atom. The summed E-state index contributed by atoms with van der Waals surface area (Å²) in [6, 6.07) is 0. The summed E-state index contributed by atoms with van der Waals surface area (Å²) in [5, 5.41) is 2.55. The zero-order valence-electron chi connectivity index (χ0n) is 9.66. The number of allylic oxidation sites excluding steroid dienone is 1. The van der Waals surface area contributed by atoms with Gasteiger partial charge in [0.15, 0.2) is 0 Å². The maximum absolute atomic E-state index is 12.1. The average molecular weight is 227 g/mol. The standard InChI is InChI=1S/C11H18FN3O/c1-3-9(7-12)8-14-6-5-10(13)11(16)15-4-2/h5-7H,3-4,8,13H2,1-2H3,(H,15,16)/b9-7+,10-5?,14-6?. The van der Waals surface area contributed by atoms with Crippen LogP contribution in [-0.4, -0.2) is 25.2 Å². The van der Waals surface area contributed by atoms with Crippen LogP contribution in [0.5, 0.6) is 0 Å². The SMILES string of the molecule is CCNC(=O)C(N)=CC=NC/C(=C/F)CC. The van der Waals surface area contributed by atoms with Crippen LogP contribution in [0.25, 0.3) is 0 Å². The van der Waals surface area contributed by atoms with Crippen molar-refractivity contribution in [1.82, 2.24) is 5.32 Å². The van der Waals surface area contributed by atoms with E-state index in [0.29, 0.717) is 24.9 Å². The van der Waals surface area contributed by atoms with Crippen LogP contribution in [0.4, 0.5) is 4.39 Å². The number of hydrogen-bond donors (Lipinski definition) is 2. The molecule has 0 aliphatic heterocycles. The van der Waals surface area contributed by atoms with E-state index in [0.717, 1.165) is 0 Å². The Kier molecular flexibility index (Phi) is 7.75. The predicted molar refractivity (Wildman–Crippen MR) is 63.8 cm³/mol. The minimum atomic E-state index is -0.328. The fourth-order valence-electron chi connectivity index (χ4n) is 0.865. The number of aliphatic imine (C=N–C) groups is 1. The van der Waals surface area contributed by atoms with Crippen molar-refractivity contribution in [2.75, 3.05) is 13.1 Å². The zero-order valence-corrected chi connectivity index (χ0v) is 9.66. The van der Waals surface area contributed by atoms with E-state index in [1.807, 2.05) is 6.92 Å². The topological polar surface area (TPSA) is 67.5 Å². The summed E-state index contributed by atoms with van der Waals surface area (Å²) in [6.07, 6.45) is 3.97. The van der Waals surface area contributed by atoms with Crippen molar-refractivity contribution < 1.29 is 9.18 Å². The summed E-state index contributed by atoms with van der Waals surface area (Å²) >= 11 is 0. The third-order valence-electron chi connectivity index (χ3n) is 1.86. The fraction of sp³-hybridized carbons (Fsp3) is 0.455. The Bertz CT molecular complexity index is 308. The second-order valence-corrected chi connectivity index (χ2v) is 3.09. The first-order valence-electron chi connectivity index (χ1n) is 5.17. The van der Waals surface area contributed by atoms with Crippen LogP contribution in [0.3, 0.4) is 0 Å². The Morgan fingerprint density at radius 3 is 2.69 bits per heavy atom. The number of nitrogens with one attached hydrogen (secondary N) is 1. The predicted octanol–water partition coefficient (Wildman–Crippen LogP) is 1.30. The molecule has 3 N–H and O–H groups in total. The molecule has 0 aliphatic rings. The molecular formula is C11H18FN3O. The molecule has 90 valence electrons.